The summed E-state index contributed by atoms with van der Waals surface area (Å²) in [4.78, 5) is 4.45. The average molecular weight is 348 g/mol. The van der Waals surface area contributed by atoms with Crippen LogP contribution in [0.5, 0.6) is 10.9 Å². The minimum Gasteiger partial charge on any atom is -0.494 e. The molecule has 2 aromatic carbocycles. The summed E-state index contributed by atoms with van der Waals surface area (Å²) >= 11 is 7.51. The molecule has 0 aliphatic carbocycles. The number of benzene rings is 2. The Morgan fingerprint density at radius 3 is 2.57 bits per heavy atom. The Morgan fingerprint density at radius 2 is 1.74 bits per heavy atom. The van der Waals surface area contributed by atoms with Crippen molar-refractivity contribution < 1.29 is 9.47 Å². The van der Waals surface area contributed by atoms with Crippen LogP contribution in [0.3, 0.4) is 0 Å². The molecule has 0 saturated carbocycles. The first-order chi connectivity index (χ1) is 11.3. The summed E-state index contributed by atoms with van der Waals surface area (Å²) in [6.07, 6.45) is 3.05. The Balaban J connectivity index is 1.31. The van der Waals surface area contributed by atoms with Gasteiger partial charge in [-0.05, 0) is 49.6 Å². The highest BCUT2D eigenvalue weighted by Gasteiger charge is 2.03. The Bertz CT molecular complexity index is 726. The molecule has 0 N–H and O–H groups in total. The molecular weight excluding hydrogens is 330 g/mol. The lowest BCUT2D eigenvalue weighted by atomic mass is 10.2. The molecular formula is C18H18ClNO2S. The molecule has 0 fully saturated rings. The van der Waals surface area contributed by atoms with Gasteiger partial charge in [0.25, 0.3) is 5.19 Å². The summed E-state index contributed by atoms with van der Waals surface area (Å²) < 4.78 is 12.5. The number of hydrogen-bond donors (Lipinski definition) is 0. The van der Waals surface area contributed by atoms with E-state index >= 15 is 0 Å². The molecule has 1 heterocycles. The fraction of sp³-hybridized carbons (Fsp3) is 0.278. The minimum absolute atomic E-state index is 0.691. The van der Waals surface area contributed by atoms with Gasteiger partial charge in [0.1, 0.15) is 5.75 Å². The minimum atomic E-state index is 0.691. The van der Waals surface area contributed by atoms with Crippen LogP contribution in [0.1, 0.15) is 19.3 Å². The van der Waals surface area contributed by atoms with Crippen LogP contribution in [-0.4, -0.2) is 18.2 Å². The smallest absolute Gasteiger partial charge is 0.274 e. The van der Waals surface area contributed by atoms with Crippen molar-refractivity contribution in [2.45, 2.75) is 19.3 Å². The predicted molar refractivity (Wildman–Crippen MR) is 95.9 cm³/mol. The van der Waals surface area contributed by atoms with E-state index in [0.29, 0.717) is 18.2 Å². The summed E-state index contributed by atoms with van der Waals surface area (Å²) in [5, 5.41) is 1.45. The van der Waals surface area contributed by atoms with Gasteiger partial charge in [-0.25, -0.2) is 4.98 Å². The van der Waals surface area contributed by atoms with Crippen molar-refractivity contribution in [3.63, 3.8) is 0 Å². The molecule has 0 radical (unpaired) electrons. The van der Waals surface area contributed by atoms with E-state index in [1.807, 2.05) is 42.5 Å². The van der Waals surface area contributed by atoms with E-state index in [4.69, 9.17) is 21.1 Å². The first-order valence-corrected chi connectivity index (χ1v) is 8.87. The third-order valence-corrected chi connectivity index (χ3v) is 4.54. The highest BCUT2D eigenvalue weighted by Crippen LogP contribution is 2.27. The Labute approximate surface area is 144 Å². The molecule has 3 rings (SSSR count). The summed E-state index contributed by atoms with van der Waals surface area (Å²) in [7, 11) is 0. The third-order valence-electron chi connectivity index (χ3n) is 3.35. The monoisotopic (exact) mass is 347 g/mol. The maximum atomic E-state index is 5.91. The number of ether oxygens (including phenoxy) is 2. The van der Waals surface area contributed by atoms with Gasteiger partial charge in [-0.2, -0.15) is 0 Å². The van der Waals surface area contributed by atoms with Crippen molar-refractivity contribution in [2.24, 2.45) is 0 Å². The Hall–Kier alpha value is -1.78. The standard InChI is InChI=1S/C18H18ClNO2S/c19-14-7-6-8-15(13-14)21-11-4-1-5-12-22-18-20-16-9-2-3-10-17(16)23-18/h2-3,6-10,13H,1,4-5,11-12H2. The van der Waals surface area contributed by atoms with Gasteiger partial charge in [0.15, 0.2) is 0 Å². The molecule has 120 valence electrons. The fourth-order valence-corrected chi connectivity index (χ4v) is 3.22. The van der Waals surface area contributed by atoms with Crippen molar-refractivity contribution in [2.75, 3.05) is 13.2 Å². The van der Waals surface area contributed by atoms with E-state index in [1.165, 1.54) is 0 Å². The Morgan fingerprint density at radius 1 is 0.913 bits per heavy atom. The molecule has 1 aromatic heterocycles. The van der Waals surface area contributed by atoms with Crippen molar-refractivity contribution in [1.29, 1.82) is 0 Å². The Kier molecular flexibility index (Phi) is 5.72. The zero-order valence-corrected chi connectivity index (χ0v) is 14.3. The molecule has 0 aliphatic rings. The number of thiazole rings is 1. The summed E-state index contributed by atoms with van der Waals surface area (Å²) in [6, 6.07) is 15.6. The lowest BCUT2D eigenvalue weighted by molar-refractivity contribution is 0.279. The maximum absolute atomic E-state index is 5.91. The lowest BCUT2D eigenvalue weighted by Crippen LogP contribution is -2.00. The normalized spacial score (nSPS) is 10.8. The molecule has 3 nitrogen and oxygen atoms in total. The topological polar surface area (TPSA) is 31.4 Å². The number of aromatic nitrogens is 1. The second kappa shape index (κ2) is 8.18. The molecule has 23 heavy (non-hydrogen) atoms. The number of rotatable bonds is 8. The van der Waals surface area contributed by atoms with Gasteiger partial charge in [-0.3, -0.25) is 0 Å². The summed E-state index contributed by atoms with van der Waals surface area (Å²) in [6.45, 7) is 1.39. The highest BCUT2D eigenvalue weighted by molar-refractivity contribution is 7.20. The van der Waals surface area contributed by atoms with Gasteiger partial charge in [0.2, 0.25) is 0 Å². The van der Waals surface area contributed by atoms with E-state index in [-0.39, 0.29) is 0 Å². The molecule has 0 spiro atoms. The van der Waals surface area contributed by atoms with Crippen LogP contribution in [0.4, 0.5) is 0 Å². The second-order valence-corrected chi connectivity index (χ2v) is 6.59. The second-order valence-electron chi connectivity index (χ2n) is 5.16. The van der Waals surface area contributed by atoms with Crippen molar-refractivity contribution in [3.05, 3.63) is 53.6 Å². The van der Waals surface area contributed by atoms with Crippen LogP contribution in [-0.2, 0) is 0 Å². The van der Waals surface area contributed by atoms with Crippen LogP contribution in [0.15, 0.2) is 48.5 Å². The SMILES string of the molecule is Clc1cccc(OCCCCCOc2nc3ccccc3s2)c1. The lowest BCUT2D eigenvalue weighted by Gasteiger charge is -2.06. The molecule has 0 saturated heterocycles. The molecule has 0 bridgehead atoms. The summed E-state index contributed by atoms with van der Waals surface area (Å²) in [5.74, 6) is 0.822. The number of halogens is 1. The van der Waals surface area contributed by atoms with Crippen molar-refractivity contribution in [3.8, 4) is 10.9 Å². The van der Waals surface area contributed by atoms with E-state index in [0.717, 1.165) is 40.4 Å². The van der Waals surface area contributed by atoms with Crippen LogP contribution >= 0.6 is 22.9 Å². The first-order valence-electron chi connectivity index (χ1n) is 7.68. The number of para-hydroxylation sites is 1. The quantitative estimate of drug-likeness (QED) is 0.498. The van der Waals surface area contributed by atoms with E-state index in [2.05, 4.69) is 11.1 Å². The fourth-order valence-electron chi connectivity index (χ4n) is 2.20. The van der Waals surface area contributed by atoms with Gasteiger partial charge in [-0.1, -0.05) is 41.1 Å². The van der Waals surface area contributed by atoms with Gasteiger partial charge >= 0.3 is 0 Å². The third kappa shape index (κ3) is 4.85. The van der Waals surface area contributed by atoms with Crippen LogP contribution in [0, 0.1) is 0 Å². The molecule has 0 atom stereocenters. The van der Waals surface area contributed by atoms with Crippen LogP contribution in [0.25, 0.3) is 10.2 Å². The molecule has 0 aliphatic heterocycles. The van der Waals surface area contributed by atoms with Gasteiger partial charge in [0.05, 0.1) is 23.4 Å². The predicted octanol–water partition coefficient (Wildman–Crippen LogP) is 5.58. The van der Waals surface area contributed by atoms with Gasteiger partial charge < -0.3 is 9.47 Å². The maximum Gasteiger partial charge on any atom is 0.274 e. The molecule has 0 amide bonds. The number of fused-ring (bicyclic) bond motifs is 1. The van der Waals surface area contributed by atoms with E-state index in [1.54, 1.807) is 11.3 Å². The number of hydrogen-bond acceptors (Lipinski definition) is 4. The average Bonchev–Trinajstić information content (AvgIpc) is 2.97. The van der Waals surface area contributed by atoms with Gasteiger partial charge in [0, 0.05) is 5.02 Å². The number of unbranched alkanes of at least 4 members (excludes halogenated alkanes) is 2. The zero-order valence-electron chi connectivity index (χ0n) is 12.7. The van der Waals surface area contributed by atoms with Crippen molar-refractivity contribution >= 4 is 33.2 Å². The zero-order chi connectivity index (χ0) is 15.9. The first kappa shape index (κ1) is 16.1. The van der Waals surface area contributed by atoms with Gasteiger partial charge in [-0.15, -0.1) is 0 Å². The van der Waals surface area contributed by atoms with Crippen molar-refractivity contribution in [1.82, 2.24) is 4.98 Å². The van der Waals surface area contributed by atoms with Crippen LogP contribution < -0.4 is 9.47 Å². The number of nitrogens with zero attached hydrogens (tertiary/aromatic N) is 1. The molecule has 5 heteroatoms. The van der Waals surface area contributed by atoms with E-state index < -0.39 is 0 Å². The highest BCUT2D eigenvalue weighted by atomic mass is 35.5. The van der Waals surface area contributed by atoms with E-state index in [9.17, 15) is 0 Å². The van der Waals surface area contributed by atoms with Crippen LogP contribution in [0.2, 0.25) is 5.02 Å². The molecule has 0 unspecified atom stereocenters. The molecule has 3 aromatic rings. The largest absolute Gasteiger partial charge is 0.494 e. The summed E-state index contributed by atoms with van der Waals surface area (Å²) in [5.41, 5.74) is 1.00.